The first-order valence-corrected chi connectivity index (χ1v) is 9.17. The van der Waals surface area contributed by atoms with E-state index in [1.54, 1.807) is 24.3 Å². The highest BCUT2D eigenvalue weighted by atomic mass is 16.1. The van der Waals surface area contributed by atoms with Gasteiger partial charge in [0.25, 0.3) is 5.91 Å². The third-order valence-electron chi connectivity index (χ3n) is 4.57. The number of aryl methyl sites for hydroxylation is 2. The fourth-order valence-corrected chi connectivity index (χ4v) is 2.96. The number of para-hydroxylation sites is 1. The van der Waals surface area contributed by atoms with Gasteiger partial charge in [-0.25, -0.2) is 0 Å². The Hall–Kier alpha value is -3.20. The van der Waals surface area contributed by atoms with Crippen molar-refractivity contribution in [2.24, 2.45) is 0 Å². The van der Waals surface area contributed by atoms with Crippen LogP contribution in [0, 0.1) is 6.92 Å². The lowest BCUT2D eigenvalue weighted by Crippen LogP contribution is -2.13. The molecule has 136 valence electrons. The Morgan fingerprint density at radius 2 is 1.41 bits per heavy atom. The highest BCUT2D eigenvalue weighted by Gasteiger charge is 2.10. The lowest BCUT2D eigenvalue weighted by molar-refractivity contribution is 0.0977. The van der Waals surface area contributed by atoms with Crippen molar-refractivity contribution in [2.75, 3.05) is 5.32 Å². The minimum absolute atomic E-state index is 0.108. The predicted octanol–water partition coefficient (Wildman–Crippen LogP) is 5.45. The molecule has 0 spiro atoms. The molecule has 0 saturated carbocycles. The van der Waals surface area contributed by atoms with Gasteiger partial charge < -0.3 is 5.32 Å². The number of Topliss-reactive ketones (excluding diaryl/α,β-unsaturated/α-hetero) is 1. The van der Waals surface area contributed by atoms with Crippen LogP contribution in [0.15, 0.2) is 78.9 Å². The van der Waals surface area contributed by atoms with Crippen molar-refractivity contribution in [3.63, 3.8) is 0 Å². The minimum Gasteiger partial charge on any atom is -0.322 e. The molecule has 0 atom stereocenters. The molecule has 1 amide bonds. The summed E-state index contributed by atoms with van der Waals surface area (Å²) in [6.07, 6.45) is 2.21. The minimum atomic E-state index is -0.174. The molecule has 0 aromatic heterocycles. The van der Waals surface area contributed by atoms with Crippen molar-refractivity contribution in [2.45, 2.75) is 26.2 Å². The zero-order valence-electron chi connectivity index (χ0n) is 15.4. The molecular formula is C24H23NO2. The fraction of sp³-hybridized carbons (Fsp3) is 0.167. The first-order valence-electron chi connectivity index (χ1n) is 9.17. The fourth-order valence-electron chi connectivity index (χ4n) is 2.96. The highest BCUT2D eigenvalue weighted by molar-refractivity contribution is 6.05. The van der Waals surface area contributed by atoms with E-state index in [1.807, 2.05) is 49.4 Å². The molecule has 3 nitrogen and oxygen atoms in total. The smallest absolute Gasteiger partial charge is 0.255 e. The molecule has 1 N–H and O–H groups in total. The van der Waals surface area contributed by atoms with Gasteiger partial charge in [0.05, 0.1) is 0 Å². The SMILES string of the molecule is Cc1ccccc1NC(=O)c1ccc(C(=O)CCCc2ccccc2)cc1. The normalized spacial score (nSPS) is 10.4. The summed E-state index contributed by atoms with van der Waals surface area (Å²) < 4.78 is 0. The van der Waals surface area contributed by atoms with Crippen molar-refractivity contribution < 1.29 is 9.59 Å². The average molecular weight is 357 g/mol. The van der Waals surface area contributed by atoms with Crippen LogP contribution >= 0.6 is 0 Å². The van der Waals surface area contributed by atoms with Crippen LogP contribution < -0.4 is 5.32 Å². The predicted molar refractivity (Wildman–Crippen MR) is 109 cm³/mol. The van der Waals surface area contributed by atoms with Gasteiger partial charge >= 0.3 is 0 Å². The molecule has 0 unspecified atom stereocenters. The number of amides is 1. The van der Waals surface area contributed by atoms with E-state index in [-0.39, 0.29) is 11.7 Å². The van der Waals surface area contributed by atoms with E-state index in [4.69, 9.17) is 0 Å². The second-order valence-electron chi connectivity index (χ2n) is 6.61. The summed E-state index contributed by atoms with van der Waals surface area (Å²) in [5.74, 6) is -0.0656. The highest BCUT2D eigenvalue weighted by Crippen LogP contribution is 2.16. The Balaban J connectivity index is 1.55. The standard InChI is InChI=1S/C24H23NO2/c1-18-8-5-6-12-22(18)25-24(27)21-16-14-20(15-17-21)23(26)13-7-11-19-9-3-2-4-10-19/h2-6,8-10,12,14-17H,7,11,13H2,1H3,(H,25,27). The first-order chi connectivity index (χ1) is 13.1. The van der Waals surface area contributed by atoms with Gasteiger partial charge in [0.1, 0.15) is 0 Å². The number of nitrogens with one attached hydrogen (secondary N) is 1. The number of rotatable bonds is 7. The number of ketones is 1. The van der Waals surface area contributed by atoms with Crippen LogP contribution in [-0.4, -0.2) is 11.7 Å². The lowest BCUT2D eigenvalue weighted by atomic mass is 10.0. The number of hydrogen-bond acceptors (Lipinski definition) is 2. The van der Waals surface area contributed by atoms with Crippen LogP contribution in [0.4, 0.5) is 5.69 Å². The van der Waals surface area contributed by atoms with Crippen molar-refractivity contribution >= 4 is 17.4 Å². The van der Waals surface area contributed by atoms with Crippen LogP contribution in [0.25, 0.3) is 0 Å². The van der Waals surface area contributed by atoms with Gasteiger partial charge in [-0.1, -0.05) is 60.7 Å². The number of anilines is 1. The third-order valence-corrected chi connectivity index (χ3v) is 4.57. The molecule has 0 aliphatic heterocycles. The molecule has 0 radical (unpaired) electrons. The van der Waals surface area contributed by atoms with Gasteiger partial charge in [-0.05, 0) is 49.1 Å². The van der Waals surface area contributed by atoms with E-state index in [9.17, 15) is 9.59 Å². The second kappa shape index (κ2) is 8.95. The summed E-state index contributed by atoms with van der Waals surface area (Å²) >= 11 is 0. The molecule has 3 heteroatoms. The van der Waals surface area contributed by atoms with E-state index in [1.165, 1.54) is 5.56 Å². The molecule has 3 rings (SSSR count). The molecule has 27 heavy (non-hydrogen) atoms. The molecular weight excluding hydrogens is 334 g/mol. The summed E-state index contributed by atoms with van der Waals surface area (Å²) in [4.78, 5) is 24.7. The first kappa shape index (κ1) is 18.6. The third kappa shape index (κ3) is 5.14. The maximum absolute atomic E-state index is 12.4. The maximum atomic E-state index is 12.4. The van der Waals surface area contributed by atoms with Crippen molar-refractivity contribution in [1.29, 1.82) is 0 Å². The van der Waals surface area contributed by atoms with E-state index in [0.29, 0.717) is 17.5 Å². The van der Waals surface area contributed by atoms with E-state index in [0.717, 1.165) is 24.1 Å². The quantitative estimate of drug-likeness (QED) is 0.571. The van der Waals surface area contributed by atoms with Crippen LogP contribution in [0.2, 0.25) is 0 Å². The molecule has 0 bridgehead atoms. The van der Waals surface area contributed by atoms with Gasteiger partial charge in [-0.3, -0.25) is 9.59 Å². The van der Waals surface area contributed by atoms with Gasteiger partial charge in [0, 0.05) is 23.2 Å². The Labute approximate surface area is 160 Å². The lowest BCUT2D eigenvalue weighted by Gasteiger charge is -2.08. The van der Waals surface area contributed by atoms with E-state index >= 15 is 0 Å². The Kier molecular flexibility index (Phi) is 6.16. The van der Waals surface area contributed by atoms with Gasteiger partial charge in [0.15, 0.2) is 5.78 Å². The largest absolute Gasteiger partial charge is 0.322 e. The van der Waals surface area contributed by atoms with Gasteiger partial charge in [0.2, 0.25) is 0 Å². The van der Waals surface area contributed by atoms with Crippen molar-refractivity contribution in [1.82, 2.24) is 0 Å². The summed E-state index contributed by atoms with van der Waals surface area (Å²) in [7, 11) is 0. The molecule has 0 aliphatic rings. The summed E-state index contributed by atoms with van der Waals surface area (Å²) in [5, 5.41) is 2.90. The Bertz CT molecular complexity index is 915. The molecule has 0 fully saturated rings. The van der Waals surface area contributed by atoms with Crippen LogP contribution in [0.5, 0.6) is 0 Å². The Morgan fingerprint density at radius 3 is 2.11 bits per heavy atom. The van der Waals surface area contributed by atoms with Gasteiger partial charge in [-0.15, -0.1) is 0 Å². The topological polar surface area (TPSA) is 46.2 Å². The molecule has 0 saturated heterocycles. The van der Waals surface area contributed by atoms with Crippen LogP contribution in [-0.2, 0) is 6.42 Å². The zero-order chi connectivity index (χ0) is 19.1. The zero-order valence-corrected chi connectivity index (χ0v) is 15.4. The molecule has 3 aromatic rings. The number of hydrogen-bond donors (Lipinski definition) is 1. The Morgan fingerprint density at radius 1 is 0.778 bits per heavy atom. The van der Waals surface area contributed by atoms with E-state index < -0.39 is 0 Å². The van der Waals surface area contributed by atoms with E-state index in [2.05, 4.69) is 17.4 Å². The summed E-state index contributed by atoms with van der Waals surface area (Å²) in [5.41, 5.74) is 4.24. The van der Waals surface area contributed by atoms with Crippen molar-refractivity contribution in [3.05, 3.63) is 101 Å². The number of carbonyl (C=O) groups excluding carboxylic acids is 2. The van der Waals surface area contributed by atoms with Crippen molar-refractivity contribution in [3.8, 4) is 0 Å². The summed E-state index contributed by atoms with van der Waals surface area (Å²) in [6, 6.07) is 24.7. The number of benzene rings is 3. The second-order valence-corrected chi connectivity index (χ2v) is 6.61. The monoisotopic (exact) mass is 357 g/mol. The summed E-state index contributed by atoms with van der Waals surface area (Å²) in [6.45, 7) is 1.95. The molecule has 0 heterocycles. The maximum Gasteiger partial charge on any atom is 0.255 e. The average Bonchev–Trinajstić information content (AvgIpc) is 2.70. The van der Waals surface area contributed by atoms with Gasteiger partial charge in [-0.2, -0.15) is 0 Å². The van der Waals surface area contributed by atoms with Crippen LogP contribution in [0.3, 0.4) is 0 Å². The molecule has 3 aromatic carbocycles. The van der Waals surface area contributed by atoms with Crippen LogP contribution in [0.1, 0.15) is 44.7 Å². The number of carbonyl (C=O) groups is 2. The molecule has 0 aliphatic carbocycles.